The molecule has 0 aliphatic carbocycles. The molecule has 0 saturated carbocycles. The van der Waals surface area contributed by atoms with E-state index in [1.165, 1.54) is 47.6 Å². The Bertz CT molecular complexity index is 1330. The molecule has 0 bridgehead atoms. The Morgan fingerprint density at radius 3 is 2.47 bits per heavy atom. The molecule has 2 heterocycles. The van der Waals surface area contributed by atoms with Gasteiger partial charge in [-0.2, -0.15) is 13.2 Å². The van der Waals surface area contributed by atoms with Gasteiger partial charge in [-0.15, -0.1) is 0 Å². The van der Waals surface area contributed by atoms with Crippen molar-refractivity contribution < 1.29 is 37.4 Å². The Kier molecular flexibility index (Phi) is 7.74. The molecular weight excluding hydrogens is 507 g/mol. The molecule has 1 aromatic heterocycles. The summed E-state index contributed by atoms with van der Waals surface area (Å²) in [5.41, 5.74) is 1.31. The molecule has 1 saturated heterocycles. The van der Waals surface area contributed by atoms with Gasteiger partial charge in [-0.05, 0) is 29.3 Å². The third-order valence-corrected chi connectivity index (χ3v) is 5.53. The van der Waals surface area contributed by atoms with Crippen LogP contribution in [0.15, 0.2) is 60.9 Å². The fourth-order valence-electron chi connectivity index (χ4n) is 3.75. The number of aromatic nitrogens is 2. The van der Waals surface area contributed by atoms with Gasteiger partial charge in [0.1, 0.15) is 6.10 Å². The van der Waals surface area contributed by atoms with E-state index >= 15 is 0 Å². The molecular formula is C25H22F3N5O5. The van der Waals surface area contributed by atoms with Crippen molar-refractivity contribution in [2.75, 3.05) is 23.3 Å². The highest BCUT2D eigenvalue weighted by Crippen LogP contribution is 2.23. The van der Waals surface area contributed by atoms with Crippen LogP contribution >= 0.6 is 0 Å². The molecule has 0 spiro atoms. The average Bonchev–Trinajstić information content (AvgIpc) is 3.26. The summed E-state index contributed by atoms with van der Waals surface area (Å²) in [6.07, 6.45) is -4.05. The van der Waals surface area contributed by atoms with Crippen molar-refractivity contribution in [1.29, 1.82) is 0 Å². The molecule has 0 radical (unpaired) electrons. The first-order valence-electron chi connectivity index (χ1n) is 11.4. The number of halogens is 3. The molecule has 1 fully saturated rings. The van der Waals surface area contributed by atoms with E-state index in [0.717, 1.165) is 0 Å². The van der Waals surface area contributed by atoms with Crippen molar-refractivity contribution in [3.63, 3.8) is 0 Å². The Morgan fingerprint density at radius 1 is 1.05 bits per heavy atom. The molecule has 38 heavy (non-hydrogen) atoms. The number of rotatable bonds is 9. The van der Waals surface area contributed by atoms with Gasteiger partial charge < -0.3 is 20.5 Å². The van der Waals surface area contributed by atoms with Crippen LogP contribution in [0.5, 0.6) is 0 Å². The molecule has 1 atom stereocenters. The number of alkyl halides is 3. The van der Waals surface area contributed by atoms with Crippen LogP contribution in [0, 0.1) is 0 Å². The van der Waals surface area contributed by atoms with E-state index in [2.05, 4.69) is 20.6 Å². The van der Waals surface area contributed by atoms with E-state index in [0.29, 0.717) is 11.3 Å². The van der Waals surface area contributed by atoms with E-state index < -0.39 is 36.7 Å². The summed E-state index contributed by atoms with van der Waals surface area (Å²) in [5.74, 6) is -1.44. The topological polar surface area (TPSA) is 134 Å². The summed E-state index contributed by atoms with van der Waals surface area (Å²) in [4.78, 5) is 45.3. The highest BCUT2D eigenvalue weighted by atomic mass is 19.4. The first-order chi connectivity index (χ1) is 18.1. The van der Waals surface area contributed by atoms with E-state index in [1.807, 2.05) is 0 Å². The minimum atomic E-state index is -4.29. The lowest BCUT2D eigenvalue weighted by molar-refractivity contribution is -0.127. The molecule has 3 aromatic rings. The zero-order valence-corrected chi connectivity index (χ0v) is 19.7. The minimum absolute atomic E-state index is 0.00790. The predicted octanol–water partition coefficient (Wildman–Crippen LogP) is 3.65. The molecule has 3 N–H and O–H groups in total. The van der Waals surface area contributed by atoms with Gasteiger partial charge in [-0.1, -0.05) is 30.3 Å². The molecule has 198 valence electrons. The zero-order valence-electron chi connectivity index (χ0n) is 19.7. The highest BCUT2D eigenvalue weighted by Gasteiger charge is 2.33. The van der Waals surface area contributed by atoms with Crippen LogP contribution in [0.3, 0.4) is 0 Å². The Hall–Kier alpha value is -4.68. The highest BCUT2D eigenvalue weighted by molar-refractivity contribution is 5.95. The van der Waals surface area contributed by atoms with Crippen LogP contribution in [-0.4, -0.2) is 58.4 Å². The largest absolute Gasteiger partial charge is 0.478 e. The number of carboxylic acids is 1. The number of anilines is 2. The second-order valence-corrected chi connectivity index (χ2v) is 8.44. The van der Waals surface area contributed by atoms with Gasteiger partial charge in [0.15, 0.2) is 0 Å². The standard InChI is InChI=1S/C25H22F3N5O5/c26-25(27,28)9-15-3-1-4-16(7-15)10-30-23-31-11-18(12-32-23)21(34)29-13-20-14-33(24(37)38-20)19-6-2-5-17(8-19)22(35)36/h1-8,11-12,20H,9-10,13-14H2,(H,29,34)(H,35,36)(H,30,31,32). The first-order valence-corrected chi connectivity index (χ1v) is 11.4. The van der Waals surface area contributed by atoms with Crippen molar-refractivity contribution in [3.05, 3.63) is 83.2 Å². The third kappa shape index (κ3) is 6.96. The molecule has 1 unspecified atom stereocenters. The Morgan fingerprint density at radius 2 is 1.76 bits per heavy atom. The molecule has 10 nitrogen and oxygen atoms in total. The number of hydrogen-bond donors (Lipinski definition) is 3. The maximum atomic E-state index is 12.6. The Labute approximate surface area is 214 Å². The SMILES string of the molecule is O=C(O)c1cccc(N2CC(CNC(=O)c3cnc(NCc4cccc(CC(F)(F)F)c4)nc3)OC2=O)c1. The van der Waals surface area contributed by atoms with Gasteiger partial charge in [-0.3, -0.25) is 9.69 Å². The number of aromatic carboxylic acids is 1. The lowest BCUT2D eigenvalue weighted by Gasteiger charge is -2.13. The molecule has 1 aliphatic rings. The monoisotopic (exact) mass is 529 g/mol. The number of carbonyl (C=O) groups is 3. The van der Waals surface area contributed by atoms with Gasteiger partial charge in [-0.25, -0.2) is 19.6 Å². The quantitative estimate of drug-likeness (QED) is 0.383. The van der Waals surface area contributed by atoms with Crippen molar-refractivity contribution in [3.8, 4) is 0 Å². The fraction of sp³-hybridized carbons (Fsp3) is 0.240. The van der Waals surface area contributed by atoms with Gasteiger partial charge in [0.2, 0.25) is 5.95 Å². The second kappa shape index (κ2) is 11.2. The van der Waals surface area contributed by atoms with Crippen LogP contribution < -0.4 is 15.5 Å². The predicted molar refractivity (Wildman–Crippen MR) is 129 cm³/mol. The molecule has 13 heteroatoms. The van der Waals surface area contributed by atoms with Gasteiger partial charge in [0.25, 0.3) is 5.91 Å². The number of benzene rings is 2. The summed E-state index contributed by atoms with van der Waals surface area (Å²) in [7, 11) is 0. The van der Waals surface area contributed by atoms with Crippen LogP contribution in [0.1, 0.15) is 31.8 Å². The molecule has 2 aromatic carbocycles. The lowest BCUT2D eigenvalue weighted by Crippen LogP contribution is -2.34. The van der Waals surface area contributed by atoms with Crippen molar-refractivity contribution in [1.82, 2.24) is 15.3 Å². The number of amides is 2. The summed E-state index contributed by atoms with van der Waals surface area (Å²) >= 11 is 0. The van der Waals surface area contributed by atoms with Gasteiger partial charge in [0, 0.05) is 24.6 Å². The maximum Gasteiger partial charge on any atom is 0.414 e. The van der Waals surface area contributed by atoms with E-state index in [4.69, 9.17) is 9.84 Å². The van der Waals surface area contributed by atoms with Crippen LogP contribution in [0.25, 0.3) is 0 Å². The second-order valence-electron chi connectivity index (χ2n) is 8.44. The molecule has 2 amide bonds. The lowest BCUT2D eigenvalue weighted by atomic mass is 10.1. The van der Waals surface area contributed by atoms with Crippen LogP contribution in [0.4, 0.5) is 29.6 Å². The summed E-state index contributed by atoms with van der Waals surface area (Å²) in [5, 5.41) is 14.7. The van der Waals surface area contributed by atoms with Crippen LogP contribution in [0.2, 0.25) is 0 Å². The number of carbonyl (C=O) groups excluding carboxylic acids is 2. The van der Waals surface area contributed by atoms with E-state index in [-0.39, 0.29) is 42.3 Å². The van der Waals surface area contributed by atoms with Crippen molar-refractivity contribution in [2.24, 2.45) is 0 Å². The third-order valence-electron chi connectivity index (χ3n) is 5.53. The average molecular weight is 529 g/mol. The number of ether oxygens (including phenoxy) is 1. The Balaban J connectivity index is 1.27. The number of cyclic esters (lactones) is 1. The fourth-order valence-corrected chi connectivity index (χ4v) is 3.75. The van der Waals surface area contributed by atoms with Gasteiger partial charge in [0.05, 0.1) is 30.6 Å². The van der Waals surface area contributed by atoms with Crippen molar-refractivity contribution >= 4 is 29.6 Å². The summed E-state index contributed by atoms with van der Waals surface area (Å²) in [6, 6.07) is 11.9. The smallest absolute Gasteiger partial charge is 0.414 e. The molecule has 4 rings (SSSR count). The minimum Gasteiger partial charge on any atom is -0.478 e. The summed E-state index contributed by atoms with van der Waals surface area (Å²) in [6.45, 7) is 0.315. The number of nitrogens with one attached hydrogen (secondary N) is 2. The van der Waals surface area contributed by atoms with Crippen molar-refractivity contribution in [2.45, 2.75) is 25.2 Å². The molecule has 1 aliphatic heterocycles. The first kappa shape index (κ1) is 26.4. The van der Waals surface area contributed by atoms with Gasteiger partial charge >= 0.3 is 18.2 Å². The number of hydrogen-bond acceptors (Lipinski definition) is 7. The van der Waals surface area contributed by atoms with E-state index in [1.54, 1.807) is 18.2 Å². The number of carboxylic acid groups (broad SMARTS) is 1. The maximum absolute atomic E-state index is 12.6. The summed E-state index contributed by atoms with van der Waals surface area (Å²) < 4.78 is 43.1. The van der Waals surface area contributed by atoms with Crippen LogP contribution in [-0.2, 0) is 17.7 Å². The number of nitrogens with zero attached hydrogens (tertiary/aromatic N) is 3. The normalized spacial score (nSPS) is 15.2. The van der Waals surface area contributed by atoms with E-state index in [9.17, 15) is 27.6 Å². The zero-order chi connectivity index (χ0) is 27.3.